The number of hydrogen-bond donors (Lipinski definition) is 1. The Morgan fingerprint density at radius 3 is 3.05 bits per heavy atom. The van der Waals surface area contributed by atoms with Crippen LogP contribution in [0.3, 0.4) is 0 Å². The van der Waals surface area contributed by atoms with Gasteiger partial charge in [0, 0.05) is 31.6 Å². The van der Waals surface area contributed by atoms with Crippen molar-refractivity contribution in [3.05, 3.63) is 35.4 Å². The summed E-state index contributed by atoms with van der Waals surface area (Å²) in [5, 5.41) is 8.78. The smallest absolute Gasteiger partial charge is 0.0674 e. The van der Waals surface area contributed by atoms with E-state index < -0.39 is 0 Å². The summed E-state index contributed by atoms with van der Waals surface area (Å²) in [6.45, 7) is 5.90. The van der Waals surface area contributed by atoms with Gasteiger partial charge in [-0.3, -0.25) is 4.90 Å². The van der Waals surface area contributed by atoms with Crippen LogP contribution in [0.15, 0.2) is 24.3 Å². The molecule has 0 bridgehead atoms. The molecule has 1 unspecified atom stereocenters. The highest BCUT2D eigenvalue weighted by Gasteiger charge is 2.17. The zero-order valence-corrected chi connectivity index (χ0v) is 11.4. The summed E-state index contributed by atoms with van der Waals surface area (Å²) in [4.78, 5) is 2.40. The molecule has 1 aromatic carbocycles. The van der Waals surface area contributed by atoms with Crippen molar-refractivity contribution >= 4 is 0 Å². The van der Waals surface area contributed by atoms with Gasteiger partial charge in [0.1, 0.15) is 0 Å². The summed E-state index contributed by atoms with van der Waals surface area (Å²) in [6, 6.07) is 8.23. The predicted octanol–water partition coefficient (Wildman–Crippen LogP) is 1.64. The third-order valence-corrected chi connectivity index (χ3v) is 3.20. The minimum Gasteiger partial charge on any atom is -0.395 e. The van der Waals surface area contributed by atoms with Crippen LogP contribution in [0.4, 0.5) is 0 Å². The van der Waals surface area contributed by atoms with Crippen molar-refractivity contribution < 1.29 is 9.84 Å². The first-order chi connectivity index (χ1) is 9.29. The lowest BCUT2D eigenvalue weighted by Gasteiger charge is -2.31. The summed E-state index contributed by atoms with van der Waals surface area (Å²) in [6.07, 6.45) is 0.838. The number of aliphatic hydroxyl groups excluding tert-OH is 1. The molecule has 0 spiro atoms. The van der Waals surface area contributed by atoms with Crippen LogP contribution in [0.5, 0.6) is 0 Å². The number of morpholine rings is 1. The van der Waals surface area contributed by atoms with E-state index in [0.717, 1.165) is 31.8 Å². The average molecular weight is 259 g/mol. The van der Waals surface area contributed by atoms with E-state index >= 15 is 0 Å². The first-order valence-corrected chi connectivity index (χ1v) is 6.81. The van der Waals surface area contributed by atoms with Gasteiger partial charge < -0.3 is 9.84 Å². The third kappa shape index (κ3) is 4.36. The van der Waals surface area contributed by atoms with E-state index in [-0.39, 0.29) is 6.61 Å². The zero-order valence-electron chi connectivity index (χ0n) is 11.4. The van der Waals surface area contributed by atoms with Gasteiger partial charge in [0.25, 0.3) is 0 Å². The summed E-state index contributed by atoms with van der Waals surface area (Å²) >= 11 is 0. The van der Waals surface area contributed by atoms with Crippen molar-refractivity contribution in [3.8, 4) is 11.8 Å². The molecule has 0 saturated carbocycles. The minimum absolute atomic E-state index is 0.121. The van der Waals surface area contributed by atoms with Crippen LogP contribution in [0.1, 0.15) is 24.5 Å². The molecule has 1 aliphatic heterocycles. The topological polar surface area (TPSA) is 32.7 Å². The Balaban J connectivity index is 2.05. The molecule has 3 nitrogen and oxygen atoms in total. The van der Waals surface area contributed by atoms with Gasteiger partial charge in [-0.05, 0) is 18.6 Å². The molecule has 102 valence electrons. The van der Waals surface area contributed by atoms with E-state index in [1.54, 1.807) is 0 Å². The summed E-state index contributed by atoms with van der Waals surface area (Å²) in [5.74, 6) is 6.14. The lowest BCUT2D eigenvalue weighted by atomic mass is 10.1. The second-order valence-corrected chi connectivity index (χ2v) is 4.85. The number of aliphatic hydroxyl groups is 1. The molecule has 0 aromatic heterocycles. The Bertz CT molecular complexity index is 461. The molecular formula is C16H21NO2. The second kappa shape index (κ2) is 7.30. The fourth-order valence-electron chi connectivity index (χ4n) is 2.27. The van der Waals surface area contributed by atoms with Crippen molar-refractivity contribution in [2.45, 2.75) is 26.0 Å². The van der Waals surface area contributed by atoms with Crippen LogP contribution in [0.25, 0.3) is 0 Å². The highest BCUT2D eigenvalue weighted by Crippen LogP contribution is 2.13. The monoisotopic (exact) mass is 259 g/mol. The van der Waals surface area contributed by atoms with Gasteiger partial charge in [-0.25, -0.2) is 0 Å². The molecule has 1 atom stereocenters. The summed E-state index contributed by atoms with van der Waals surface area (Å²) < 4.78 is 5.56. The number of hydrogen-bond acceptors (Lipinski definition) is 3. The Hall–Kier alpha value is -1.34. The normalized spacial score (nSPS) is 19.8. The van der Waals surface area contributed by atoms with Gasteiger partial charge in [-0.15, -0.1) is 0 Å². The molecule has 0 amide bonds. The van der Waals surface area contributed by atoms with Crippen LogP contribution in [-0.2, 0) is 11.3 Å². The van der Waals surface area contributed by atoms with E-state index in [1.165, 1.54) is 5.56 Å². The first-order valence-electron chi connectivity index (χ1n) is 6.81. The van der Waals surface area contributed by atoms with Crippen molar-refractivity contribution in [3.63, 3.8) is 0 Å². The van der Waals surface area contributed by atoms with E-state index in [0.29, 0.717) is 12.5 Å². The maximum Gasteiger partial charge on any atom is 0.0674 e. The number of nitrogens with zero attached hydrogens (tertiary/aromatic N) is 1. The fourth-order valence-corrected chi connectivity index (χ4v) is 2.27. The van der Waals surface area contributed by atoms with Crippen LogP contribution in [0, 0.1) is 11.8 Å². The van der Waals surface area contributed by atoms with Gasteiger partial charge in [-0.2, -0.15) is 0 Å². The van der Waals surface area contributed by atoms with Gasteiger partial charge in [-0.1, -0.05) is 30.0 Å². The van der Waals surface area contributed by atoms with Crippen molar-refractivity contribution in [1.29, 1.82) is 0 Å². The third-order valence-electron chi connectivity index (χ3n) is 3.20. The maximum atomic E-state index is 8.78. The molecule has 1 aromatic rings. The summed E-state index contributed by atoms with van der Waals surface area (Å²) in [5.41, 5.74) is 2.32. The van der Waals surface area contributed by atoms with Gasteiger partial charge in [0.05, 0.1) is 19.3 Å². The number of rotatable bonds is 3. The molecule has 1 fully saturated rings. The Morgan fingerprint density at radius 2 is 2.26 bits per heavy atom. The Labute approximate surface area is 115 Å². The van der Waals surface area contributed by atoms with Crippen molar-refractivity contribution in [2.24, 2.45) is 0 Å². The molecule has 0 radical (unpaired) electrons. The molecule has 1 aliphatic rings. The first kappa shape index (κ1) is 14.1. The quantitative estimate of drug-likeness (QED) is 0.838. The van der Waals surface area contributed by atoms with E-state index in [9.17, 15) is 0 Å². The molecule has 1 saturated heterocycles. The van der Waals surface area contributed by atoms with Gasteiger partial charge in [0.15, 0.2) is 0 Å². The van der Waals surface area contributed by atoms with Crippen molar-refractivity contribution in [2.75, 3.05) is 26.3 Å². The van der Waals surface area contributed by atoms with Crippen molar-refractivity contribution in [1.82, 2.24) is 4.90 Å². The van der Waals surface area contributed by atoms with Crippen LogP contribution < -0.4 is 0 Å². The van der Waals surface area contributed by atoms with E-state index in [4.69, 9.17) is 9.84 Å². The standard InChI is InChI=1S/C16H21NO2/c1-14-12-17(9-11-19-14)13-16-8-3-2-6-15(16)7-4-5-10-18/h2-3,6,8,14,18H,5,9-13H2,1H3. The van der Waals surface area contributed by atoms with Crippen LogP contribution >= 0.6 is 0 Å². The highest BCUT2D eigenvalue weighted by molar-refractivity contribution is 5.41. The van der Waals surface area contributed by atoms with Gasteiger partial charge in [0.2, 0.25) is 0 Å². The lowest BCUT2D eigenvalue weighted by molar-refractivity contribution is -0.0212. The molecule has 3 heteroatoms. The van der Waals surface area contributed by atoms with Crippen LogP contribution in [-0.4, -0.2) is 42.4 Å². The van der Waals surface area contributed by atoms with Crippen LogP contribution in [0.2, 0.25) is 0 Å². The SMILES string of the molecule is CC1CN(Cc2ccccc2C#CCCO)CCO1. The maximum absolute atomic E-state index is 8.78. The molecule has 1 N–H and O–H groups in total. The second-order valence-electron chi connectivity index (χ2n) is 4.85. The Morgan fingerprint density at radius 1 is 1.42 bits per heavy atom. The Kier molecular flexibility index (Phi) is 5.41. The summed E-state index contributed by atoms with van der Waals surface area (Å²) in [7, 11) is 0. The van der Waals surface area contributed by atoms with E-state index in [2.05, 4.69) is 35.8 Å². The zero-order chi connectivity index (χ0) is 13.5. The largest absolute Gasteiger partial charge is 0.395 e. The predicted molar refractivity (Wildman–Crippen MR) is 75.7 cm³/mol. The average Bonchev–Trinajstić information content (AvgIpc) is 2.41. The number of ether oxygens (including phenoxy) is 1. The molecule has 0 aliphatic carbocycles. The highest BCUT2D eigenvalue weighted by atomic mass is 16.5. The molecule has 1 heterocycles. The minimum atomic E-state index is 0.121. The fraction of sp³-hybridized carbons (Fsp3) is 0.500. The molecular weight excluding hydrogens is 238 g/mol. The number of benzene rings is 1. The van der Waals surface area contributed by atoms with E-state index in [1.807, 2.05) is 12.1 Å². The molecule has 2 rings (SSSR count). The lowest BCUT2D eigenvalue weighted by Crippen LogP contribution is -2.40. The molecule has 19 heavy (non-hydrogen) atoms. The van der Waals surface area contributed by atoms with Gasteiger partial charge >= 0.3 is 0 Å².